The highest BCUT2D eigenvalue weighted by Gasteiger charge is 2.27. The van der Waals surface area contributed by atoms with Gasteiger partial charge < -0.3 is 15.0 Å². The predicted molar refractivity (Wildman–Crippen MR) is 72.7 cm³/mol. The van der Waals surface area contributed by atoms with Crippen LogP contribution in [0.1, 0.15) is 26.5 Å². The Morgan fingerprint density at radius 2 is 2.26 bits per heavy atom. The van der Waals surface area contributed by atoms with E-state index in [4.69, 9.17) is 4.74 Å². The second-order valence-corrected chi connectivity index (χ2v) is 5.48. The van der Waals surface area contributed by atoms with E-state index in [9.17, 15) is 4.79 Å². The molecule has 0 spiro atoms. The van der Waals surface area contributed by atoms with Gasteiger partial charge in [-0.1, -0.05) is 6.58 Å². The number of hydrogen-bond donors (Lipinski definition) is 1. The molecule has 1 aromatic rings. The highest BCUT2D eigenvalue weighted by molar-refractivity contribution is 5.68. The first kappa shape index (κ1) is 13.5. The number of rotatable bonds is 2. The molecule has 0 aliphatic carbocycles. The van der Waals surface area contributed by atoms with Crippen LogP contribution in [0, 0.1) is 0 Å². The van der Waals surface area contributed by atoms with E-state index in [1.54, 1.807) is 17.3 Å². The SMILES string of the molecule is C=CNc1cnn2c1CN(C(=O)OC(C)(C)C)CC2. The number of fused-ring (bicyclic) bond motifs is 1. The fourth-order valence-electron chi connectivity index (χ4n) is 1.96. The fraction of sp³-hybridized carbons (Fsp3) is 0.538. The van der Waals surface area contributed by atoms with Crippen molar-refractivity contribution < 1.29 is 9.53 Å². The van der Waals surface area contributed by atoms with Gasteiger partial charge in [-0.2, -0.15) is 5.10 Å². The third kappa shape index (κ3) is 3.07. The van der Waals surface area contributed by atoms with Crippen molar-refractivity contribution in [2.75, 3.05) is 11.9 Å². The van der Waals surface area contributed by atoms with Gasteiger partial charge in [-0.3, -0.25) is 4.68 Å². The van der Waals surface area contributed by atoms with Gasteiger partial charge in [-0.15, -0.1) is 0 Å². The Hall–Kier alpha value is -1.98. The number of nitrogens with one attached hydrogen (secondary N) is 1. The number of nitrogens with zero attached hydrogens (tertiary/aromatic N) is 3. The summed E-state index contributed by atoms with van der Waals surface area (Å²) >= 11 is 0. The van der Waals surface area contributed by atoms with Crippen LogP contribution in [0.15, 0.2) is 19.0 Å². The summed E-state index contributed by atoms with van der Waals surface area (Å²) in [4.78, 5) is 13.7. The average molecular weight is 264 g/mol. The molecule has 1 aromatic heterocycles. The Balaban J connectivity index is 2.10. The molecule has 0 unspecified atom stereocenters. The van der Waals surface area contributed by atoms with Crippen LogP contribution in [0.2, 0.25) is 0 Å². The molecule has 1 amide bonds. The molecule has 0 fully saturated rings. The topological polar surface area (TPSA) is 59.4 Å². The summed E-state index contributed by atoms with van der Waals surface area (Å²) in [5, 5.41) is 7.30. The predicted octanol–water partition coefficient (Wildman–Crippen LogP) is 2.19. The van der Waals surface area contributed by atoms with Crippen LogP contribution in [0.25, 0.3) is 0 Å². The monoisotopic (exact) mass is 264 g/mol. The van der Waals surface area contributed by atoms with E-state index < -0.39 is 5.60 Å². The molecule has 0 saturated heterocycles. The smallest absolute Gasteiger partial charge is 0.410 e. The first-order valence-electron chi connectivity index (χ1n) is 6.31. The molecule has 1 N–H and O–H groups in total. The van der Waals surface area contributed by atoms with Crippen LogP contribution < -0.4 is 5.32 Å². The molecule has 1 aliphatic heterocycles. The lowest BCUT2D eigenvalue weighted by molar-refractivity contribution is 0.0195. The average Bonchev–Trinajstić information content (AvgIpc) is 2.70. The molecular formula is C13H20N4O2. The fourth-order valence-corrected chi connectivity index (χ4v) is 1.96. The van der Waals surface area contributed by atoms with Crippen molar-refractivity contribution in [3.8, 4) is 0 Å². The van der Waals surface area contributed by atoms with E-state index in [2.05, 4.69) is 17.0 Å². The number of aromatic nitrogens is 2. The zero-order valence-corrected chi connectivity index (χ0v) is 11.6. The van der Waals surface area contributed by atoms with Crippen LogP contribution in [0.4, 0.5) is 10.5 Å². The Bertz CT molecular complexity index is 487. The minimum atomic E-state index is -0.475. The van der Waals surface area contributed by atoms with Crippen LogP contribution in [0.3, 0.4) is 0 Å². The minimum absolute atomic E-state index is 0.287. The second-order valence-electron chi connectivity index (χ2n) is 5.48. The van der Waals surface area contributed by atoms with Crippen molar-refractivity contribution in [1.82, 2.24) is 14.7 Å². The van der Waals surface area contributed by atoms with Gasteiger partial charge in [0.1, 0.15) is 5.60 Å². The zero-order valence-electron chi connectivity index (χ0n) is 11.6. The van der Waals surface area contributed by atoms with E-state index in [1.165, 1.54) is 0 Å². The number of anilines is 1. The summed E-state index contributed by atoms with van der Waals surface area (Å²) in [6.07, 6.45) is 3.06. The largest absolute Gasteiger partial charge is 0.444 e. The van der Waals surface area contributed by atoms with Gasteiger partial charge >= 0.3 is 6.09 Å². The van der Waals surface area contributed by atoms with Crippen LogP contribution in [-0.2, 0) is 17.8 Å². The lowest BCUT2D eigenvalue weighted by atomic mass is 10.2. The van der Waals surface area contributed by atoms with Gasteiger partial charge in [-0.25, -0.2) is 4.79 Å². The maximum atomic E-state index is 12.0. The zero-order chi connectivity index (χ0) is 14.0. The molecule has 0 aromatic carbocycles. The number of amides is 1. The Morgan fingerprint density at radius 3 is 2.89 bits per heavy atom. The Labute approximate surface area is 113 Å². The van der Waals surface area contributed by atoms with Crippen LogP contribution >= 0.6 is 0 Å². The van der Waals surface area contributed by atoms with E-state index in [0.717, 1.165) is 11.4 Å². The van der Waals surface area contributed by atoms with Crippen LogP contribution in [0.5, 0.6) is 0 Å². The van der Waals surface area contributed by atoms with Gasteiger partial charge in [0.25, 0.3) is 0 Å². The van der Waals surface area contributed by atoms with Crippen LogP contribution in [-0.4, -0.2) is 32.9 Å². The number of hydrogen-bond acceptors (Lipinski definition) is 4. The Kier molecular flexibility index (Phi) is 3.50. The number of carbonyl (C=O) groups is 1. The molecule has 6 heteroatoms. The molecule has 2 rings (SSSR count). The summed E-state index contributed by atoms with van der Waals surface area (Å²) in [5.41, 5.74) is 1.37. The third-order valence-corrected chi connectivity index (χ3v) is 2.78. The van der Waals surface area contributed by atoms with Crippen molar-refractivity contribution in [2.24, 2.45) is 0 Å². The summed E-state index contributed by atoms with van der Waals surface area (Å²) in [6.45, 7) is 11.0. The van der Waals surface area contributed by atoms with E-state index in [0.29, 0.717) is 19.6 Å². The molecule has 1 aliphatic rings. The summed E-state index contributed by atoms with van der Waals surface area (Å²) < 4.78 is 7.28. The van der Waals surface area contributed by atoms with Crippen molar-refractivity contribution in [2.45, 2.75) is 39.5 Å². The second kappa shape index (κ2) is 4.95. The van der Waals surface area contributed by atoms with E-state index in [1.807, 2.05) is 25.5 Å². The van der Waals surface area contributed by atoms with Gasteiger partial charge in [-0.05, 0) is 27.0 Å². The van der Waals surface area contributed by atoms with Crippen molar-refractivity contribution in [3.05, 3.63) is 24.7 Å². The highest BCUT2D eigenvalue weighted by Crippen LogP contribution is 2.22. The summed E-state index contributed by atoms with van der Waals surface area (Å²) in [6, 6.07) is 0. The summed E-state index contributed by atoms with van der Waals surface area (Å²) in [5.74, 6) is 0. The molecular weight excluding hydrogens is 244 g/mol. The van der Waals surface area contributed by atoms with Crippen molar-refractivity contribution >= 4 is 11.8 Å². The minimum Gasteiger partial charge on any atom is -0.444 e. The summed E-state index contributed by atoms with van der Waals surface area (Å²) in [7, 11) is 0. The molecule has 19 heavy (non-hydrogen) atoms. The molecule has 0 radical (unpaired) electrons. The lowest BCUT2D eigenvalue weighted by Gasteiger charge is -2.30. The van der Waals surface area contributed by atoms with E-state index in [-0.39, 0.29) is 6.09 Å². The standard InChI is InChI=1S/C13H20N4O2/c1-5-14-10-8-15-17-7-6-16(9-11(10)17)12(18)19-13(2,3)4/h5,8,14H,1,6-7,9H2,2-4H3. The molecule has 0 bridgehead atoms. The van der Waals surface area contributed by atoms with Crippen molar-refractivity contribution in [3.63, 3.8) is 0 Å². The van der Waals surface area contributed by atoms with Gasteiger partial charge in [0.2, 0.25) is 0 Å². The highest BCUT2D eigenvalue weighted by atomic mass is 16.6. The molecule has 2 heterocycles. The molecule has 0 saturated carbocycles. The molecule has 0 atom stereocenters. The first-order chi connectivity index (χ1) is 8.90. The first-order valence-corrected chi connectivity index (χ1v) is 6.31. The third-order valence-electron chi connectivity index (χ3n) is 2.78. The maximum Gasteiger partial charge on any atom is 0.410 e. The normalized spacial score (nSPS) is 14.8. The quantitative estimate of drug-likeness (QED) is 0.889. The van der Waals surface area contributed by atoms with Crippen molar-refractivity contribution in [1.29, 1.82) is 0 Å². The maximum absolute atomic E-state index is 12.0. The van der Waals surface area contributed by atoms with Gasteiger partial charge in [0.05, 0.1) is 30.7 Å². The Morgan fingerprint density at radius 1 is 1.53 bits per heavy atom. The lowest BCUT2D eigenvalue weighted by Crippen LogP contribution is -2.41. The van der Waals surface area contributed by atoms with E-state index >= 15 is 0 Å². The number of ether oxygens (including phenoxy) is 1. The molecule has 104 valence electrons. The molecule has 6 nitrogen and oxygen atoms in total. The number of carbonyl (C=O) groups excluding carboxylic acids is 1. The van der Waals surface area contributed by atoms with Gasteiger partial charge in [0.15, 0.2) is 0 Å². The van der Waals surface area contributed by atoms with Gasteiger partial charge in [0, 0.05) is 6.54 Å².